The van der Waals surface area contributed by atoms with Crippen molar-refractivity contribution < 1.29 is 23.8 Å². The van der Waals surface area contributed by atoms with E-state index in [2.05, 4.69) is 35.3 Å². The number of carbonyl (C=O) groups is 2. The van der Waals surface area contributed by atoms with Gasteiger partial charge in [0.25, 0.3) is 0 Å². The number of aromatic nitrogens is 2. The molecule has 0 saturated carbocycles. The number of nitrogens with zero attached hydrogens (tertiary/aromatic N) is 3. The van der Waals surface area contributed by atoms with E-state index in [-0.39, 0.29) is 11.8 Å². The molecule has 8 heteroatoms. The van der Waals surface area contributed by atoms with Gasteiger partial charge in [0.05, 0.1) is 32.6 Å². The summed E-state index contributed by atoms with van der Waals surface area (Å²) in [6.45, 7) is 7.92. The summed E-state index contributed by atoms with van der Waals surface area (Å²) in [5.74, 6) is -0.478. The van der Waals surface area contributed by atoms with Crippen LogP contribution in [0.3, 0.4) is 0 Å². The number of pyridine rings is 2. The van der Waals surface area contributed by atoms with Crippen molar-refractivity contribution in [1.82, 2.24) is 14.9 Å². The molecule has 0 aliphatic carbocycles. The Bertz CT molecular complexity index is 1720. The van der Waals surface area contributed by atoms with Crippen LogP contribution < -0.4 is 0 Å². The molecule has 2 aromatic heterocycles. The van der Waals surface area contributed by atoms with Gasteiger partial charge in [-0.15, -0.1) is 0 Å². The Morgan fingerprint density at radius 3 is 2.52 bits per heavy atom. The summed E-state index contributed by atoms with van der Waals surface area (Å²) < 4.78 is 16.0. The van der Waals surface area contributed by atoms with Gasteiger partial charge in [0, 0.05) is 29.9 Å². The third kappa shape index (κ3) is 5.50. The molecule has 0 atom stereocenters. The zero-order chi connectivity index (χ0) is 29.4. The van der Waals surface area contributed by atoms with Crippen LogP contribution >= 0.6 is 0 Å². The van der Waals surface area contributed by atoms with Crippen LogP contribution in [0.2, 0.25) is 0 Å². The summed E-state index contributed by atoms with van der Waals surface area (Å²) in [5.41, 5.74) is 8.03. The smallest absolute Gasteiger partial charge is 0.410 e. The fraction of sp³-hybridized carbons (Fsp3) is 0.294. The molecule has 0 unspecified atom stereocenters. The number of benzene rings is 2. The first-order chi connectivity index (χ1) is 20.2. The standard InChI is InChI=1S/C34H33N3O5/c1-34(2,3)42-33(39)37-19-25-14-24(21-10-12-41-13-11-21)15-27(29(25)20-37)26-7-5-6-22-16-31(36-18-28(22)26)23-8-9-30(35-17-23)32(38)40-4/h5-10,14-18H,11-13,19-20H2,1-4H3. The van der Waals surface area contributed by atoms with Gasteiger partial charge in [0.15, 0.2) is 0 Å². The molecule has 0 fully saturated rings. The average molecular weight is 564 g/mol. The van der Waals surface area contributed by atoms with Crippen molar-refractivity contribution in [1.29, 1.82) is 0 Å². The Balaban J connectivity index is 1.42. The summed E-state index contributed by atoms with van der Waals surface area (Å²) >= 11 is 0. The Labute approximate surface area is 244 Å². The van der Waals surface area contributed by atoms with E-state index in [9.17, 15) is 9.59 Å². The highest BCUT2D eigenvalue weighted by atomic mass is 16.6. The van der Waals surface area contributed by atoms with Crippen molar-refractivity contribution in [2.45, 2.75) is 45.9 Å². The van der Waals surface area contributed by atoms with Crippen molar-refractivity contribution in [3.05, 3.63) is 89.4 Å². The largest absolute Gasteiger partial charge is 0.464 e. The molecule has 6 rings (SSSR count). The highest BCUT2D eigenvalue weighted by Crippen LogP contribution is 2.40. The summed E-state index contributed by atoms with van der Waals surface area (Å²) in [5, 5.41) is 2.04. The van der Waals surface area contributed by atoms with Crippen LogP contribution in [0.4, 0.5) is 4.79 Å². The number of rotatable bonds is 4. The fourth-order valence-corrected chi connectivity index (χ4v) is 5.52. The highest BCUT2D eigenvalue weighted by molar-refractivity contribution is 5.99. The SMILES string of the molecule is COC(=O)c1ccc(-c2cc3cccc(-c4cc(C5=CCOCC5)cc5c4CN(C(=O)OC(C)(C)C)C5)c3cn2)cn1. The van der Waals surface area contributed by atoms with Crippen LogP contribution in [-0.4, -0.2) is 52.9 Å². The molecular weight excluding hydrogens is 530 g/mol. The lowest BCUT2D eigenvalue weighted by atomic mass is 9.89. The van der Waals surface area contributed by atoms with E-state index >= 15 is 0 Å². The average Bonchev–Trinajstić information content (AvgIpc) is 3.44. The van der Waals surface area contributed by atoms with E-state index in [0.29, 0.717) is 26.3 Å². The zero-order valence-electron chi connectivity index (χ0n) is 24.3. The van der Waals surface area contributed by atoms with Gasteiger partial charge in [-0.2, -0.15) is 0 Å². The van der Waals surface area contributed by atoms with E-state index in [1.165, 1.54) is 12.7 Å². The van der Waals surface area contributed by atoms with Crippen molar-refractivity contribution in [3.8, 4) is 22.4 Å². The molecule has 2 aromatic carbocycles. The Kier molecular flexibility index (Phi) is 7.24. The van der Waals surface area contributed by atoms with Crippen molar-refractivity contribution in [2.24, 2.45) is 0 Å². The fourth-order valence-electron chi connectivity index (χ4n) is 5.52. The van der Waals surface area contributed by atoms with Crippen molar-refractivity contribution in [2.75, 3.05) is 20.3 Å². The number of esters is 1. The molecule has 214 valence electrons. The lowest BCUT2D eigenvalue weighted by molar-refractivity contribution is 0.0241. The van der Waals surface area contributed by atoms with Crippen LogP contribution in [0, 0.1) is 0 Å². The van der Waals surface area contributed by atoms with Crippen LogP contribution in [0.15, 0.2) is 67.0 Å². The molecule has 2 aliphatic heterocycles. The second-order valence-corrected chi connectivity index (χ2v) is 11.6. The Morgan fingerprint density at radius 1 is 0.952 bits per heavy atom. The maximum Gasteiger partial charge on any atom is 0.410 e. The number of hydrogen-bond donors (Lipinski definition) is 0. The van der Waals surface area contributed by atoms with Crippen LogP contribution in [-0.2, 0) is 27.3 Å². The van der Waals surface area contributed by atoms with E-state index in [1.54, 1.807) is 17.2 Å². The van der Waals surface area contributed by atoms with E-state index in [4.69, 9.17) is 19.2 Å². The normalized spacial score (nSPS) is 14.9. The Morgan fingerprint density at radius 2 is 1.81 bits per heavy atom. The van der Waals surface area contributed by atoms with Crippen LogP contribution in [0.5, 0.6) is 0 Å². The molecule has 4 heterocycles. The van der Waals surface area contributed by atoms with Gasteiger partial charge in [0.1, 0.15) is 11.3 Å². The zero-order valence-corrected chi connectivity index (χ0v) is 24.3. The highest BCUT2D eigenvalue weighted by Gasteiger charge is 2.30. The maximum absolute atomic E-state index is 13.1. The molecule has 0 bridgehead atoms. The van der Waals surface area contributed by atoms with Crippen molar-refractivity contribution in [3.63, 3.8) is 0 Å². The number of ether oxygens (including phenoxy) is 3. The summed E-state index contributed by atoms with van der Waals surface area (Å²) in [6.07, 6.45) is 6.20. The Hall–Kier alpha value is -4.56. The second kappa shape index (κ2) is 11.0. The molecule has 0 radical (unpaired) electrons. The molecular formula is C34H33N3O5. The number of fused-ring (bicyclic) bond motifs is 2. The minimum atomic E-state index is -0.569. The monoisotopic (exact) mass is 563 g/mol. The molecule has 2 aliphatic rings. The first-order valence-corrected chi connectivity index (χ1v) is 14.0. The second-order valence-electron chi connectivity index (χ2n) is 11.6. The van der Waals surface area contributed by atoms with Crippen LogP contribution in [0.1, 0.15) is 54.4 Å². The summed E-state index contributed by atoms with van der Waals surface area (Å²) in [4.78, 5) is 35.6. The predicted molar refractivity (Wildman–Crippen MR) is 161 cm³/mol. The number of methoxy groups -OCH3 is 1. The lowest BCUT2D eigenvalue weighted by Crippen LogP contribution is -2.33. The number of amides is 1. The molecule has 0 saturated heterocycles. The molecule has 0 spiro atoms. The van der Waals surface area contributed by atoms with Crippen molar-refractivity contribution >= 4 is 28.4 Å². The minimum absolute atomic E-state index is 0.248. The van der Waals surface area contributed by atoms with Gasteiger partial charge in [-0.1, -0.05) is 24.3 Å². The van der Waals surface area contributed by atoms with Gasteiger partial charge >= 0.3 is 12.1 Å². The molecule has 42 heavy (non-hydrogen) atoms. The van der Waals surface area contributed by atoms with E-state index in [0.717, 1.165) is 56.3 Å². The summed E-state index contributed by atoms with van der Waals surface area (Å²) in [6, 6.07) is 16.2. The summed E-state index contributed by atoms with van der Waals surface area (Å²) in [7, 11) is 1.33. The third-order valence-corrected chi connectivity index (χ3v) is 7.55. The van der Waals surface area contributed by atoms with E-state index < -0.39 is 11.6 Å². The number of carbonyl (C=O) groups excluding carboxylic acids is 2. The van der Waals surface area contributed by atoms with Gasteiger partial charge in [0.2, 0.25) is 0 Å². The quantitative estimate of drug-likeness (QED) is 0.252. The lowest BCUT2D eigenvalue weighted by Gasteiger charge is -2.24. The van der Waals surface area contributed by atoms with Crippen LogP contribution in [0.25, 0.3) is 38.7 Å². The predicted octanol–water partition coefficient (Wildman–Crippen LogP) is 6.80. The molecule has 0 N–H and O–H groups in total. The van der Waals surface area contributed by atoms with Gasteiger partial charge < -0.3 is 14.2 Å². The van der Waals surface area contributed by atoms with Gasteiger partial charge in [-0.3, -0.25) is 9.88 Å². The first-order valence-electron chi connectivity index (χ1n) is 14.0. The molecule has 1 amide bonds. The third-order valence-electron chi connectivity index (χ3n) is 7.55. The first kappa shape index (κ1) is 27.6. The minimum Gasteiger partial charge on any atom is -0.464 e. The maximum atomic E-state index is 13.1. The molecule has 4 aromatic rings. The van der Waals surface area contributed by atoms with Gasteiger partial charge in [-0.25, -0.2) is 14.6 Å². The van der Waals surface area contributed by atoms with E-state index in [1.807, 2.05) is 45.2 Å². The number of hydrogen-bond acceptors (Lipinski definition) is 7. The topological polar surface area (TPSA) is 90.9 Å². The van der Waals surface area contributed by atoms with Gasteiger partial charge in [-0.05, 0) is 96.3 Å². The molecule has 8 nitrogen and oxygen atoms in total.